The average Bonchev–Trinajstić information content (AvgIpc) is 3.15. The van der Waals surface area contributed by atoms with Crippen LogP contribution in [-0.2, 0) is 6.42 Å². The first-order valence-electron chi connectivity index (χ1n) is 9.86. The molecule has 0 bridgehead atoms. The molecule has 1 aliphatic heterocycles. The molecule has 0 spiro atoms. The third kappa shape index (κ3) is 1.91. The van der Waals surface area contributed by atoms with Crippen LogP contribution < -0.4 is 0 Å². The fourth-order valence-electron chi connectivity index (χ4n) is 5.45. The first-order valence-corrected chi connectivity index (χ1v) is 9.86. The SMILES string of the molecule is C[B][N+]1=C2Cc3c(C)c(C)c(C)c(C)c3C2c2c(C)c(C)c(C)c(C)c21. The summed E-state index contributed by atoms with van der Waals surface area (Å²) in [6.45, 7) is 20.6. The van der Waals surface area contributed by atoms with Crippen molar-refractivity contribution in [2.75, 3.05) is 0 Å². The van der Waals surface area contributed by atoms with Crippen LogP contribution in [0, 0.1) is 55.4 Å². The topological polar surface area (TPSA) is 3.01 Å². The second-order valence-corrected chi connectivity index (χ2v) is 8.38. The first kappa shape index (κ1) is 17.6. The molecule has 2 aromatic rings. The summed E-state index contributed by atoms with van der Waals surface area (Å²) >= 11 is 0. The van der Waals surface area contributed by atoms with Crippen LogP contribution in [0.5, 0.6) is 0 Å². The van der Waals surface area contributed by atoms with Crippen molar-refractivity contribution in [3.05, 3.63) is 61.2 Å². The largest absolute Gasteiger partial charge is 0.536 e. The standard InChI is InChI=1S/C24H30BN/c1-11-12(2)16(6)21-19(15(11)5)10-20-23(21)22-17(7)13(3)14(4)18(8)24(22)26(20)25-9/h23H,10H2,1-9H3/q+1. The molecule has 2 heteroatoms. The predicted octanol–water partition coefficient (Wildman–Crippen LogP) is 5.61. The summed E-state index contributed by atoms with van der Waals surface area (Å²) in [5, 5.41) is 0. The molecule has 1 unspecified atom stereocenters. The van der Waals surface area contributed by atoms with E-state index in [-0.39, 0.29) is 0 Å². The van der Waals surface area contributed by atoms with Crippen molar-refractivity contribution in [3.8, 4) is 0 Å². The van der Waals surface area contributed by atoms with Gasteiger partial charge in [-0.2, -0.15) is 0 Å². The average molecular weight is 343 g/mol. The Bertz CT molecular complexity index is 1020. The molecule has 133 valence electrons. The Kier molecular flexibility index (Phi) is 3.78. The maximum atomic E-state index is 2.51. The van der Waals surface area contributed by atoms with Crippen LogP contribution in [0.2, 0.25) is 6.82 Å². The Morgan fingerprint density at radius 1 is 0.654 bits per heavy atom. The monoisotopic (exact) mass is 343 g/mol. The van der Waals surface area contributed by atoms with Gasteiger partial charge in [0, 0.05) is 11.1 Å². The van der Waals surface area contributed by atoms with Crippen LogP contribution in [0.3, 0.4) is 0 Å². The number of hydrogen-bond donors (Lipinski definition) is 0. The van der Waals surface area contributed by atoms with Gasteiger partial charge in [-0.3, -0.25) is 4.49 Å². The van der Waals surface area contributed by atoms with Gasteiger partial charge in [0.1, 0.15) is 5.71 Å². The van der Waals surface area contributed by atoms with E-state index in [1.807, 2.05) is 0 Å². The van der Waals surface area contributed by atoms with Gasteiger partial charge < -0.3 is 0 Å². The van der Waals surface area contributed by atoms with Crippen LogP contribution in [0.15, 0.2) is 0 Å². The maximum Gasteiger partial charge on any atom is 0.536 e. The molecule has 1 atom stereocenters. The second-order valence-electron chi connectivity index (χ2n) is 8.38. The van der Waals surface area contributed by atoms with Crippen molar-refractivity contribution in [1.29, 1.82) is 0 Å². The molecule has 2 aliphatic rings. The molecular formula is C24H30BN+. The molecule has 1 heterocycles. The molecule has 0 amide bonds. The number of fused-ring (bicyclic) bond motifs is 5. The lowest BCUT2D eigenvalue weighted by atomic mass is 9.81. The van der Waals surface area contributed by atoms with E-state index in [1.165, 1.54) is 50.2 Å². The molecule has 26 heavy (non-hydrogen) atoms. The van der Waals surface area contributed by atoms with Gasteiger partial charge in [-0.15, -0.1) is 0 Å². The highest BCUT2D eigenvalue weighted by atomic mass is 15.0. The molecule has 0 saturated heterocycles. The lowest BCUT2D eigenvalue weighted by Gasteiger charge is -2.20. The summed E-state index contributed by atoms with van der Waals surface area (Å²) < 4.78 is 2.51. The molecular weight excluding hydrogens is 313 g/mol. The lowest BCUT2D eigenvalue weighted by Crippen LogP contribution is -2.17. The van der Waals surface area contributed by atoms with E-state index in [1.54, 1.807) is 22.4 Å². The van der Waals surface area contributed by atoms with E-state index < -0.39 is 0 Å². The van der Waals surface area contributed by atoms with Gasteiger partial charge in [-0.1, -0.05) is 0 Å². The highest BCUT2D eigenvalue weighted by Crippen LogP contribution is 2.51. The molecule has 1 nitrogen and oxygen atoms in total. The van der Waals surface area contributed by atoms with Gasteiger partial charge in [0.05, 0.1) is 12.3 Å². The van der Waals surface area contributed by atoms with E-state index in [0.717, 1.165) is 6.42 Å². The third-order valence-electron chi connectivity index (χ3n) is 7.65. The van der Waals surface area contributed by atoms with Crippen molar-refractivity contribution < 1.29 is 4.49 Å². The fraction of sp³-hybridized carbons (Fsp3) is 0.458. The van der Waals surface area contributed by atoms with Crippen LogP contribution in [-0.4, -0.2) is 17.6 Å². The zero-order valence-corrected chi connectivity index (χ0v) is 17.8. The van der Waals surface area contributed by atoms with Crippen molar-refractivity contribution in [2.45, 2.75) is 74.6 Å². The highest BCUT2D eigenvalue weighted by molar-refractivity contribution is 6.27. The number of hydrogen-bond acceptors (Lipinski definition) is 0. The second kappa shape index (κ2) is 5.58. The summed E-state index contributed by atoms with van der Waals surface area (Å²) in [6.07, 6.45) is 1.09. The summed E-state index contributed by atoms with van der Waals surface area (Å²) in [5.41, 5.74) is 19.5. The predicted molar refractivity (Wildman–Crippen MR) is 113 cm³/mol. The summed E-state index contributed by atoms with van der Waals surface area (Å²) in [5.74, 6) is 0.437. The van der Waals surface area contributed by atoms with Gasteiger partial charge in [0.25, 0.3) is 0 Å². The first-order chi connectivity index (χ1) is 12.2. The Hall–Kier alpha value is -1.83. The molecule has 1 radical (unpaired) electrons. The molecule has 0 fully saturated rings. The van der Waals surface area contributed by atoms with Crippen molar-refractivity contribution in [1.82, 2.24) is 0 Å². The minimum Gasteiger partial charge on any atom is -0.285 e. The molecule has 1 aliphatic carbocycles. The van der Waals surface area contributed by atoms with Crippen LogP contribution in [0.25, 0.3) is 0 Å². The normalized spacial score (nSPS) is 17.5. The Morgan fingerprint density at radius 3 is 1.73 bits per heavy atom. The quantitative estimate of drug-likeness (QED) is 0.592. The van der Waals surface area contributed by atoms with Crippen molar-refractivity contribution >= 4 is 18.8 Å². The van der Waals surface area contributed by atoms with Crippen LogP contribution in [0.4, 0.5) is 5.69 Å². The molecule has 4 rings (SSSR count). The van der Waals surface area contributed by atoms with Crippen LogP contribution in [0.1, 0.15) is 67.1 Å². The third-order valence-corrected chi connectivity index (χ3v) is 7.65. The zero-order chi connectivity index (χ0) is 19.1. The van der Waals surface area contributed by atoms with E-state index in [9.17, 15) is 0 Å². The van der Waals surface area contributed by atoms with Gasteiger partial charge in [-0.05, 0) is 112 Å². The van der Waals surface area contributed by atoms with Crippen molar-refractivity contribution in [2.24, 2.45) is 0 Å². The molecule has 0 saturated carbocycles. The molecule has 0 aromatic heterocycles. The van der Waals surface area contributed by atoms with Gasteiger partial charge in [0.15, 0.2) is 5.69 Å². The lowest BCUT2D eigenvalue weighted by molar-refractivity contribution is -0.274. The highest BCUT2D eigenvalue weighted by Gasteiger charge is 2.48. The zero-order valence-electron chi connectivity index (χ0n) is 17.8. The Balaban J connectivity index is 2.14. The fourth-order valence-corrected chi connectivity index (χ4v) is 5.45. The van der Waals surface area contributed by atoms with Crippen molar-refractivity contribution in [3.63, 3.8) is 0 Å². The summed E-state index contributed by atoms with van der Waals surface area (Å²) in [7, 11) is 2.28. The molecule has 0 N–H and O–H groups in total. The van der Waals surface area contributed by atoms with E-state index in [0.29, 0.717) is 5.92 Å². The maximum absolute atomic E-state index is 2.51. The minimum absolute atomic E-state index is 0.437. The van der Waals surface area contributed by atoms with Gasteiger partial charge in [-0.25, -0.2) is 0 Å². The van der Waals surface area contributed by atoms with Gasteiger partial charge >= 0.3 is 7.41 Å². The minimum atomic E-state index is 0.437. The number of nitrogens with zero attached hydrogens (tertiary/aromatic N) is 1. The van der Waals surface area contributed by atoms with Crippen LogP contribution >= 0.6 is 0 Å². The van der Waals surface area contributed by atoms with E-state index in [4.69, 9.17) is 0 Å². The summed E-state index contributed by atoms with van der Waals surface area (Å²) in [4.78, 5) is 0. The Labute approximate surface area is 159 Å². The number of rotatable bonds is 1. The van der Waals surface area contributed by atoms with E-state index >= 15 is 0 Å². The molecule has 2 aromatic carbocycles. The number of benzene rings is 2. The van der Waals surface area contributed by atoms with E-state index in [2.05, 4.69) is 74.1 Å². The van der Waals surface area contributed by atoms with Gasteiger partial charge in [0.2, 0.25) is 0 Å². The summed E-state index contributed by atoms with van der Waals surface area (Å²) in [6, 6.07) is 0. The Morgan fingerprint density at radius 2 is 1.15 bits per heavy atom. The smallest absolute Gasteiger partial charge is 0.285 e.